The summed E-state index contributed by atoms with van der Waals surface area (Å²) in [6.45, 7) is 5.17. The van der Waals surface area contributed by atoms with E-state index in [1.54, 1.807) is 6.07 Å². The highest BCUT2D eigenvalue weighted by molar-refractivity contribution is 6.17. The van der Waals surface area contributed by atoms with E-state index < -0.39 is 11.7 Å². The molecule has 96 valence electrons. The zero-order valence-electron chi connectivity index (χ0n) is 9.81. The molecule has 0 bridgehead atoms. The van der Waals surface area contributed by atoms with Crippen LogP contribution in [0.4, 0.5) is 18.9 Å². The van der Waals surface area contributed by atoms with Crippen LogP contribution < -0.4 is 4.90 Å². The molecular formula is C12H15ClF3N. The van der Waals surface area contributed by atoms with Gasteiger partial charge in [0.2, 0.25) is 0 Å². The van der Waals surface area contributed by atoms with Crippen LogP contribution in [-0.2, 0) is 12.1 Å². The molecule has 0 saturated carbocycles. The first-order chi connectivity index (χ1) is 7.93. The van der Waals surface area contributed by atoms with Gasteiger partial charge in [0.15, 0.2) is 0 Å². The quantitative estimate of drug-likeness (QED) is 0.734. The minimum absolute atomic E-state index is 0.120. The molecule has 0 spiro atoms. The smallest absolute Gasteiger partial charge is 0.372 e. The number of anilines is 1. The fraction of sp³-hybridized carbons (Fsp3) is 0.500. The van der Waals surface area contributed by atoms with E-state index in [0.29, 0.717) is 18.8 Å². The third kappa shape index (κ3) is 3.28. The minimum Gasteiger partial charge on any atom is -0.372 e. The standard InChI is InChI=1S/C12H15ClF3N/c1-3-17(4-2)10-6-5-9(8-13)11(7-10)12(14,15)16/h5-7H,3-4,8H2,1-2H3. The molecule has 0 unspecified atom stereocenters. The molecule has 5 heteroatoms. The first-order valence-corrected chi connectivity index (χ1v) is 5.98. The van der Waals surface area contributed by atoms with E-state index in [-0.39, 0.29) is 11.4 Å². The lowest BCUT2D eigenvalue weighted by Gasteiger charge is -2.23. The summed E-state index contributed by atoms with van der Waals surface area (Å²) in [4.78, 5) is 1.87. The molecule has 0 aliphatic heterocycles. The molecule has 0 heterocycles. The topological polar surface area (TPSA) is 3.24 Å². The summed E-state index contributed by atoms with van der Waals surface area (Å²) >= 11 is 5.52. The predicted molar refractivity (Wildman–Crippen MR) is 64.6 cm³/mol. The molecule has 0 aliphatic carbocycles. The van der Waals surface area contributed by atoms with Crippen molar-refractivity contribution in [1.29, 1.82) is 0 Å². The monoisotopic (exact) mass is 265 g/mol. The normalized spacial score (nSPS) is 11.6. The molecule has 0 saturated heterocycles. The molecule has 0 radical (unpaired) electrons. The lowest BCUT2D eigenvalue weighted by atomic mass is 10.1. The van der Waals surface area contributed by atoms with E-state index in [4.69, 9.17) is 11.6 Å². The van der Waals surface area contributed by atoms with Crippen molar-refractivity contribution in [2.24, 2.45) is 0 Å². The molecule has 17 heavy (non-hydrogen) atoms. The van der Waals surface area contributed by atoms with Gasteiger partial charge in [-0.3, -0.25) is 0 Å². The highest BCUT2D eigenvalue weighted by Crippen LogP contribution is 2.35. The molecular weight excluding hydrogens is 251 g/mol. The highest BCUT2D eigenvalue weighted by Gasteiger charge is 2.33. The van der Waals surface area contributed by atoms with Crippen molar-refractivity contribution in [1.82, 2.24) is 0 Å². The van der Waals surface area contributed by atoms with Gasteiger partial charge in [-0.1, -0.05) is 6.07 Å². The van der Waals surface area contributed by atoms with E-state index >= 15 is 0 Å². The molecule has 1 aromatic carbocycles. The Morgan fingerprint density at radius 3 is 2.18 bits per heavy atom. The Balaban J connectivity index is 3.22. The van der Waals surface area contributed by atoms with Crippen LogP contribution in [0.1, 0.15) is 25.0 Å². The SMILES string of the molecule is CCN(CC)c1ccc(CCl)c(C(F)(F)F)c1. The van der Waals surface area contributed by atoms with Gasteiger partial charge in [-0.2, -0.15) is 13.2 Å². The molecule has 0 amide bonds. The van der Waals surface area contributed by atoms with Crippen molar-refractivity contribution < 1.29 is 13.2 Å². The van der Waals surface area contributed by atoms with Crippen molar-refractivity contribution in [2.75, 3.05) is 18.0 Å². The molecule has 0 fully saturated rings. The maximum absolute atomic E-state index is 12.8. The van der Waals surface area contributed by atoms with Crippen LogP contribution in [0.25, 0.3) is 0 Å². The second-order valence-electron chi connectivity index (χ2n) is 3.65. The first kappa shape index (κ1) is 14.2. The van der Waals surface area contributed by atoms with Crippen LogP contribution in [-0.4, -0.2) is 13.1 Å². The molecule has 0 N–H and O–H groups in total. The van der Waals surface area contributed by atoms with Gasteiger partial charge in [0.25, 0.3) is 0 Å². The summed E-state index contributed by atoms with van der Waals surface area (Å²) in [6, 6.07) is 4.30. The third-order valence-corrected chi connectivity index (χ3v) is 2.96. The van der Waals surface area contributed by atoms with Gasteiger partial charge in [0, 0.05) is 24.7 Å². The number of halogens is 4. The summed E-state index contributed by atoms with van der Waals surface area (Å²) < 4.78 is 38.4. The largest absolute Gasteiger partial charge is 0.416 e. The molecule has 0 aliphatic rings. The summed E-state index contributed by atoms with van der Waals surface area (Å²) in [5.74, 6) is -0.132. The van der Waals surface area contributed by atoms with Crippen LogP contribution in [0.2, 0.25) is 0 Å². The van der Waals surface area contributed by atoms with Crippen molar-refractivity contribution >= 4 is 17.3 Å². The van der Waals surface area contributed by atoms with E-state index in [2.05, 4.69) is 0 Å². The third-order valence-electron chi connectivity index (χ3n) is 2.67. The van der Waals surface area contributed by atoms with Crippen LogP contribution in [0, 0.1) is 0 Å². The van der Waals surface area contributed by atoms with Gasteiger partial charge < -0.3 is 4.90 Å². The summed E-state index contributed by atoms with van der Waals surface area (Å²) in [7, 11) is 0. The summed E-state index contributed by atoms with van der Waals surface area (Å²) in [6.07, 6.45) is -4.35. The van der Waals surface area contributed by atoms with Crippen molar-refractivity contribution in [2.45, 2.75) is 25.9 Å². The lowest BCUT2D eigenvalue weighted by molar-refractivity contribution is -0.138. The predicted octanol–water partition coefficient (Wildman–Crippen LogP) is 4.29. The van der Waals surface area contributed by atoms with Gasteiger partial charge >= 0.3 is 6.18 Å². The lowest BCUT2D eigenvalue weighted by Crippen LogP contribution is -2.22. The van der Waals surface area contributed by atoms with Crippen LogP contribution in [0.3, 0.4) is 0 Å². The van der Waals surface area contributed by atoms with E-state index in [9.17, 15) is 13.2 Å². The van der Waals surface area contributed by atoms with Crippen molar-refractivity contribution in [3.8, 4) is 0 Å². The van der Waals surface area contributed by atoms with Crippen LogP contribution in [0.15, 0.2) is 18.2 Å². The van der Waals surface area contributed by atoms with E-state index in [1.165, 1.54) is 12.1 Å². The van der Waals surface area contributed by atoms with Gasteiger partial charge in [0.1, 0.15) is 0 Å². The maximum Gasteiger partial charge on any atom is 0.416 e. The Labute approximate surface area is 104 Å². The maximum atomic E-state index is 12.8. The average molecular weight is 266 g/mol. The Bertz CT molecular complexity index is 373. The van der Waals surface area contributed by atoms with Crippen LogP contribution in [0.5, 0.6) is 0 Å². The number of benzene rings is 1. The number of hydrogen-bond acceptors (Lipinski definition) is 1. The first-order valence-electron chi connectivity index (χ1n) is 5.45. The van der Waals surface area contributed by atoms with Crippen molar-refractivity contribution in [3.05, 3.63) is 29.3 Å². The van der Waals surface area contributed by atoms with E-state index in [1.807, 2.05) is 18.7 Å². The number of alkyl halides is 4. The Morgan fingerprint density at radius 1 is 1.18 bits per heavy atom. The number of hydrogen-bond donors (Lipinski definition) is 0. The highest BCUT2D eigenvalue weighted by atomic mass is 35.5. The van der Waals surface area contributed by atoms with E-state index in [0.717, 1.165) is 0 Å². The summed E-state index contributed by atoms with van der Waals surface area (Å²) in [5, 5.41) is 0. The summed E-state index contributed by atoms with van der Waals surface area (Å²) in [5.41, 5.74) is 0.0585. The fourth-order valence-electron chi connectivity index (χ4n) is 1.73. The van der Waals surface area contributed by atoms with Crippen molar-refractivity contribution in [3.63, 3.8) is 0 Å². The Kier molecular flexibility index (Phi) is 4.69. The second-order valence-corrected chi connectivity index (χ2v) is 3.91. The zero-order valence-corrected chi connectivity index (χ0v) is 10.6. The second kappa shape index (κ2) is 5.63. The molecule has 0 atom stereocenters. The Hall–Kier alpha value is -0.900. The van der Waals surface area contributed by atoms with Gasteiger partial charge in [-0.25, -0.2) is 0 Å². The zero-order chi connectivity index (χ0) is 13.1. The molecule has 0 aromatic heterocycles. The number of nitrogens with zero attached hydrogens (tertiary/aromatic N) is 1. The Morgan fingerprint density at radius 2 is 1.76 bits per heavy atom. The number of rotatable bonds is 4. The molecule has 1 nitrogen and oxygen atoms in total. The average Bonchev–Trinajstić information content (AvgIpc) is 2.29. The molecule has 1 rings (SSSR count). The molecule has 1 aromatic rings. The van der Waals surface area contributed by atoms with Crippen LogP contribution >= 0.6 is 11.6 Å². The fourth-order valence-corrected chi connectivity index (χ4v) is 1.96. The minimum atomic E-state index is -4.35. The van der Waals surface area contributed by atoms with Gasteiger partial charge in [0.05, 0.1) is 5.56 Å². The van der Waals surface area contributed by atoms with Gasteiger partial charge in [-0.05, 0) is 31.5 Å². The van der Waals surface area contributed by atoms with Gasteiger partial charge in [-0.15, -0.1) is 11.6 Å².